The summed E-state index contributed by atoms with van der Waals surface area (Å²) in [7, 11) is 0. The highest BCUT2D eigenvalue weighted by atomic mass is 16.4. The normalized spacial score (nSPS) is 11.6. The standard InChI is InChI=1S/C13H12N2O3/c1-8-5-3-4-6-10(8)7-11(13(16)17)12-15-14-9(2)18-12/h3-7H,1-2H3,(H,16,17)/b11-7-. The van der Waals surface area contributed by atoms with E-state index in [1.54, 1.807) is 6.92 Å². The molecule has 0 unspecified atom stereocenters. The summed E-state index contributed by atoms with van der Waals surface area (Å²) in [5.41, 5.74) is 1.78. The number of carboxylic acids is 1. The maximum Gasteiger partial charge on any atom is 0.341 e. The van der Waals surface area contributed by atoms with Crippen LogP contribution in [0.4, 0.5) is 0 Å². The van der Waals surface area contributed by atoms with Gasteiger partial charge in [-0.2, -0.15) is 0 Å². The molecule has 1 N–H and O–H groups in total. The van der Waals surface area contributed by atoms with Crippen molar-refractivity contribution in [1.82, 2.24) is 10.2 Å². The van der Waals surface area contributed by atoms with Crippen molar-refractivity contribution >= 4 is 17.6 Å². The first-order valence-electron chi connectivity index (χ1n) is 5.39. The molecule has 0 saturated carbocycles. The summed E-state index contributed by atoms with van der Waals surface area (Å²) in [6.07, 6.45) is 1.53. The number of hydrogen-bond acceptors (Lipinski definition) is 4. The monoisotopic (exact) mass is 244 g/mol. The predicted octanol–water partition coefficient (Wildman–Crippen LogP) is 2.31. The van der Waals surface area contributed by atoms with E-state index in [4.69, 9.17) is 4.42 Å². The number of carbonyl (C=O) groups is 1. The second kappa shape index (κ2) is 4.83. The lowest BCUT2D eigenvalue weighted by molar-refractivity contribution is -0.130. The molecule has 0 aliphatic carbocycles. The van der Waals surface area contributed by atoms with Crippen LogP contribution in [0.2, 0.25) is 0 Å². The van der Waals surface area contributed by atoms with Crippen LogP contribution in [-0.2, 0) is 4.79 Å². The second-order valence-electron chi connectivity index (χ2n) is 3.85. The van der Waals surface area contributed by atoms with Gasteiger partial charge in [0.05, 0.1) is 0 Å². The van der Waals surface area contributed by atoms with Gasteiger partial charge in [0.1, 0.15) is 5.57 Å². The first kappa shape index (κ1) is 12.0. The van der Waals surface area contributed by atoms with Gasteiger partial charge < -0.3 is 9.52 Å². The minimum absolute atomic E-state index is 0.00935. The highest BCUT2D eigenvalue weighted by Crippen LogP contribution is 2.19. The van der Waals surface area contributed by atoms with Crippen molar-refractivity contribution in [3.8, 4) is 0 Å². The molecule has 0 aliphatic heterocycles. The van der Waals surface area contributed by atoms with Gasteiger partial charge in [-0.3, -0.25) is 0 Å². The molecule has 0 bridgehead atoms. The van der Waals surface area contributed by atoms with Gasteiger partial charge in [-0.25, -0.2) is 4.79 Å². The lowest BCUT2D eigenvalue weighted by atomic mass is 10.1. The molecule has 0 fully saturated rings. The smallest absolute Gasteiger partial charge is 0.341 e. The van der Waals surface area contributed by atoms with Gasteiger partial charge in [-0.1, -0.05) is 24.3 Å². The van der Waals surface area contributed by atoms with Crippen LogP contribution in [0.25, 0.3) is 11.6 Å². The van der Waals surface area contributed by atoms with Gasteiger partial charge in [0.2, 0.25) is 5.89 Å². The molecule has 2 aromatic rings. The molecule has 0 radical (unpaired) electrons. The molecule has 0 spiro atoms. The highest BCUT2D eigenvalue weighted by Gasteiger charge is 2.17. The molecule has 5 nitrogen and oxygen atoms in total. The number of hydrogen-bond donors (Lipinski definition) is 1. The third-order valence-corrected chi connectivity index (χ3v) is 2.48. The largest absolute Gasteiger partial charge is 0.477 e. The van der Waals surface area contributed by atoms with E-state index in [9.17, 15) is 9.90 Å². The average molecular weight is 244 g/mol. The van der Waals surface area contributed by atoms with Gasteiger partial charge in [-0.15, -0.1) is 10.2 Å². The zero-order valence-corrected chi connectivity index (χ0v) is 10.0. The third-order valence-electron chi connectivity index (χ3n) is 2.48. The fourth-order valence-corrected chi connectivity index (χ4v) is 1.52. The molecule has 1 heterocycles. The van der Waals surface area contributed by atoms with E-state index in [1.165, 1.54) is 6.08 Å². The van der Waals surface area contributed by atoms with Gasteiger partial charge in [0.25, 0.3) is 5.89 Å². The van der Waals surface area contributed by atoms with Gasteiger partial charge >= 0.3 is 5.97 Å². The van der Waals surface area contributed by atoms with E-state index < -0.39 is 5.97 Å². The molecule has 18 heavy (non-hydrogen) atoms. The Hall–Kier alpha value is -2.43. The van der Waals surface area contributed by atoms with Crippen molar-refractivity contribution in [2.24, 2.45) is 0 Å². The SMILES string of the molecule is Cc1nnc(/C(=C/c2ccccc2C)C(=O)O)o1. The molecule has 0 saturated heterocycles. The Bertz CT molecular complexity index is 614. The Balaban J connectivity index is 2.49. The number of aliphatic carboxylic acids is 1. The van der Waals surface area contributed by atoms with Crippen LogP contribution in [0.5, 0.6) is 0 Å². The van der Waals surface area contributed by atoms with Crippen LogP contribution in [0.15, 0.2) is 28.7 Å². The fourth-order valence-electron chi connectivity index (χ4n) is 1.52. The second-order valence-corrected chi connectivity index (χ2v) is 3.85. The topological polar surface area (TPSA) is 76.2 Å². The Morgan fingerprint density at radius 1 is 1.28 bits per heavy atom. The molecular formula is C13H12N2O3. The van der Waals surface area contributed by atoms with Crippen molar-refractivity contribution < 1.29 is 14.3 Å². The van der Waals surface area contributed by atoms with Crippen LogP contribution >= 0.6 is 0 Å². The molecule has 0 atom stereocenters. The maximum atomic E-state index is 11.2. The summed E-state index contributed by atoms with van der Waals surface area (Å²) >= 11 is 0. The average Bonchev–Trinajstić information content (AvgIpc) is 2.74. The summed E-state index contributed by atoms with van der Waals surface area (Å²) in [6, 6.07) is 7.48. The van der Waals surface area contributed by atoms with Gasteiger partial charge in [-0.05, 0) is 24.1 Å². The van der Waals surface area contributed by atoms with Crippen molar-refractivity contribution in [2.75, 3.05) is 0 Å². The zero-order valence-electron chi connectivity index (χ0n) is 10.0. The van der Waals surface area contributed by atoms with Crippen molar-refractivity contribution in [3.05, 3.63) is 47.2 Å². The minimum Gasteiger partial charge on any atom is -0.477 e. The first-order valence-corrected chi connectivity index (χ1v) is 5.39. The number of nitrogens with zero attached hydrogens (tertiary/aromatic N) is 2. The highest BCUT2D eigenvalue weighted by molar-refractivity contribution is 6.19. The Morgan fingerprint density at radius 2 is 2.00 bits per heavy atom. The Kier molecular flexibility index (Phi) is 3.23. The van der Waals surface area contributed by atoms with E-state index in [-0.39, 0.29) is 11.5 Å². The molecular weight excluding hydrogens is 232 g/mol. The van der Waals surface area contributed by atoms with E-state index in [2.05, 4.69) is 10.2 Å². The zero-order chi connectivity index (χ0) is 13.1. The first-order chi connectivity index (χ1) is 8.58. The third kappa shape index (κ3) is 2.45. The lowest BCUT2D eigenvalue weighted by Gasteiger charge is -2.01. The lowest BCUT2D eigenvalue weighted by Crippen LogP contribution is -2.00. The number of carboxylic acid groups (broad SMARTS) is 1. The van der Waals surface area contributed by atoms with Crippen LogP contribution in [-0.4, -0.2) is 21.3 Å². The van der Waals surface area contributed by atoms with E-state index in [1.807, 2.05) is 31.2 Å². The van der Waals surface area contributed by atoms with Crippen molar-refractivity contribution in [3.63, 3.8) is 0 Å². The summed E-state index contributed by atoms with van der Waals surface area (Å²) in [5.74, 6) is -0.743. The molecule has 1 aromatic heterocycles. The summed E-state index contributed by atoms with van der Waals surface area (Å²) < 4.78 is 5.15. The Morgan fingerprint density at radius 3 is 2.56 bits per heavy atom. The fraction of sp³-hybridized carbons (Fsp3) is 0.154. The minimum atomic E-state index is -1.10. The van der Waals surface area contributed by atoms with Gasteiger partial charge in [0.15, 0.2) is 0 Å². The van der Waals surface area contributed by atoms with Crippen LogP contribution < -0.4 is 0 Å². The molecule has 2 rings (SSSR count). The number of aromatic nitrogens is 2. The van der Waals surface area contributed by atoms with Crippen LogP contribution in [0.3, 0.4) is 0 Å². The van der Waals surface area contributed by atoms with Crippen LogP contribution in [0, 0.1) is 13.8 Å². The molecule has 0 aliphatic rings. The van der Waals surface area contributed by atoms with E-state index in [0.29, 0.717) is 5.89 Å². The summed E-state index contributed by atoms with van der Waals surface area (Å²) in [5, 5.41) is 16.6. The summed E-state index contributed by atoms with van der Waals surface area (Å²) in [4.78, 5) is 11.2. The van der Waals surface area contributed by atoms with Crippen molar-refractivity contribution in [1.29, 1.82) is 0 Å². The molecule has 0 amide bonds. The Labute approximate surface area is 104 Å². The number of benzene rings is 1. The van der Waals surface area contributed by atoms with E-state index >= 15 is 0 Å². The van der Waals surface area contributed by atoms with Crippen LogP contribution in [0.1, 0.15) is 22.9 Å². The molecule has 92 valence electrons. The predicted molar refractivity (Wildman–Crippen MR) is 65.7 cm³/mol. The quantitative estimate of drug-likeness (QED) is 0.838. The number of rotatable bonds is 3. The van der Waals surface area contributed by atoms with E-state index in [0.717, 1.165) is 11.1 Å². The summed E-state index contributed by atoms with van der Waals surface area (Å²) in [6.45, 7) is 3.52. The number of aryl methyl sites for hydroxylation is 2. The van der Waals surface area contributed by atoms with Gasteiger partial charge in [0, 0.05) is 6.92 Å². The maximum absolute atomic E-state index is 11.2. The van der Waals surface area contributed by atoms with Crippen molar-refractivity contribution in [2.45, 2.75) is 13.8 Å². The molecule has 1 aromatic carbocycles. The molecule has 5 heteroatoms.